The molecule has 0 aliphatic heterocycles. The van der Waals surface area contributed by atoms with Crippen LogP contribution in [-0.2, 0) is 6.42 Å². The lowest BCUT2D eigenvalue weighted by Gasteiger charge is -2.22. The second kappa shape index (κ2) is 4.31. The Kier molecular flexibility index (Phi) is 3.54. The number of hydrogen-bond acceptors (Lipinski definition) is 0. The minimum Gasteiger partial charge on any atom is -0.207 e. The van der Waals surface area contributed by atoms with Crippen LogP contribution in [0.5, 0.6) is 0 Å². The Bertz CT molecular complexity index is 318. The summed E-state index contributed by atoms with van der Waals surface area (Å²) in [7, 11) is 0. The number of hydrogen-bond donors (Lipinski definition) is 0. The molecular formula is C12H16ClF. The van der Waals surface area contributed by atoms with Gasteiger partial charge in [0.2, 0.25) is 0 Å². The average molecular weight is 215 g/mol. The van der Waals surface area contributed by atoms with E-state index in [0.717, 1.165) is 12.0 Å². The maximum absolute atomic E-state index is 12.8. The van der Waals surface area contributed by atoms with Crippen LogP contribution >= 0.6 is 11.6 Å². The maximum Gasteiger partial charge on any atom is 0.123 e. The van der Waals surface area contributed by atoms with E-state index in [1.165, 1.54) is 11.6 Å². The zero-order valence-electron chi connectivity index (χ0n) is 8.90. The molecule has 0 amide bonds. The minimum atomic E-state index is -0.171. The molecule has 2 heteroatoms. The van der Waals surface area contributed by atoms with Gasteiger partial charge in [-0.1, -0.05) is 19.9 Å². The number of aryl methyl sites for hydroxylation is 1. The molecule has 0 spiro atoms. The van der Waals surface area contributed by atoms with E-state index in [9.17, 15) is 4.39 Å². The van der Waals surface area contributed by atoms with Crippen molar-refractivity contribution in [3.63, 3.8) is 0 Å². The summed E-state index contributed by atoms with van der Waals surface area (Å²) in [6, 6.07) is 4.92. The highest BCUT2D eigenvalue weighted by atomic mass is 35.5. The van der Waals surface area contributed by atoms with E-state index < -0.39 is 0 Å². The van der Waals surface area contributed by atoms with Crippen LogP contribution in [0, 0.1) is 18.2 Å². The highest BCUT2D eigenvalue weighted by Gasteiger charge is 2.18. The van der Waals surface area contributed by atoms with Gasteiger partial charge in [-0.3, -0.25) is 0 Å². The lowest BCUT2D eigenvalue weighted by atomic mass is 9.86. The summed E-state index contributed by atoms with van der Waals surface area (Å²) in [6.45, 7) is 6.16. The van der Waals surface area contributed by atoms with Crippen LogP contribution in [0.4, 0.5) is 4.39 Å². The largest absolute Gasteiger partial charge is 0.207 e. The van der Waals surface area contributed by atoms with Gasteiger partial charge in [0, 0.05) is 5.88 Å². The van der Waals surface area contributed by atoms with E-state index in [1.807, 2.05) is 13.0 Å². The Morgan fingerprint density at radius 3 is 2.50 bits per heavy atom. The third-order valence-corrected chi connectivity index (χ3v) is 3.06. The number of rotatable bonds is 3. The van der Waals surface area contributed by atoms with E-state index in [1.54, 1.807) is 6.07 Å². The van der Waals surface area contributed by atoms with Crippen LogP contribution in [0.3, 0.4) is 0 Å². The molecule has 1 rings (SSSR count). The Balaban J connectivity index is 2.87. The van der Waals surface area contributed by atoms with Crippen LogP contribution in [0.25, 0.3) is 0 Å². The third-order valence-electron chi connectivity index (χ3n) is 2.34. The smallest absolute Gasteiger partial charge is 0.123 e. The van der Waals surface area contributed by atoms with Crippen molar-refractivity contribution in [2.45, 2.75) is 27.2 Å². The second-order valence-corrected chi connectivity index (χ2v) is 4.81. The van der Waals surface area contributed by atoms with Gasteiger partial charge >= 0.3 is 0 Å². The summed E-state index contributed by atoms with van der Waals surface area (Å²) < 4.78 is 12.8. The van der Waals surface area contributed by atoms with E-state index in [4.69, 9.17) is 11.6 Å². The third kappa shape index (κ3) is 2.98. The molecular weight excluding hydrogens is 199 g/mol. The predicted octanol–water partition coefficient (Wildman–Crippen LogP) is 3.94. The quantitative estimate of drug-likeness (QED) is 0.669. The van der Waals surface area contributed by atoms with Crippen molar-refractivity contribution in [2.75, 3.05) is 5.88 Å². The summed E-state index contributed by atoms with van der Waals surface area (Å²) in [5.41, 5.74) is 2.25. The van der Waals surface area contributed by atoms with Gasteiger partial charge in [0.05, 0.1) is 0 Å². The summed E-state index contributed by atoms with van der Waals surface area (Å²) in [6.07, 6.45) is 0.891. The van der Waals surface area contributed by atoms with Gasteiger partial charge in [-0.15, -0.1) is 11.6 Å². The van der Waals surface area contributed by atoms with Crippen LogP contribution in [0.1, 0.15) is 25.0 Å². The molecule has 0 fully saturated rings. The first-order valence-corrected chi connectivity index (χ1v) is 5.29. The normalized spacial score (nSPS) is 11.8. The van der Waals surface area contributed by atoms with Gasteiger partial charge in [-0.25, -0.2) is 4.39 Å². The van der Waals surface area contributed by atoms with Gasteiger partial charge in [0.25, 0.3) is 0 Å². The summed E-state index contributed by atoms with van der Waals surface area (Å²) in [4.78, 5) is 0. The maximum atomic E-state index is 12.8. The molecule has 0 nitrogen and oxygen atoms in total. The molecule has 1 aromatic carbocycles. The average Bonchev–Trinajstić information content (AvgIpc) is 2.10. The van der Waals surface area contributed by atoms with Crippen LogP contribution in [0.15, 0.2) is 18.2 Å². The summed E-state index contributed by atoms with van der Waals surface area (Å²) in [5, 5.41) is 0. The van der Waals surface area contributed by atoms with E-state index >= 15 is 0 Å². The molecule has 1 aromatic rings. The molecule has 0 bridgehead atoms. The highest BCUT2D eigenvalue weighted by Crippen LogP contribution is 2.25. The fourth-order valence-corrected chi connectivity index (χ4v) is 1.51. The van der Waals surface area contributed by atoms with Gasteiger partial charge < -0.3 is 0 Å². The number of benzene rings is 1. The molecule has 0 saturated heterocycles. The van der Waals surface area contributed by atoms with Gasteiger partial charge in [0.15, 0.2) is 0 Å². The SMILES string of the molecule is Cc1cc(F)ccc1CC(C)(C)CCl. The van der Waals surface area contributed by atoms with Gasteiger partial charge in [-0.05, 0) is 42.0 Å². The van der Waals surface area contributed by atoms with Gasteiger partial charge in [-0.2, -0.15) is 0 Å². The number of alkyl halides is 1. The lowest BCUT2D eigenvalue weighted by Crippen LogP contribution is -2.17. The van der Waals surface area contributed by atoms with Crippen molar-refractivity contribution < 1.29 is 4.39 Å². The van der Waals surface area contributed by atoms with Gasteiger partial charge in [0.1, 0.15) is 5.82 Å². The van der Waals surface area contributed by atoms with Crippen molar-refractivity contribution in [3.05, 3.63) is 35.1 Å². The molecule has 0 saturated carbocycles. The predicted molar refractivity (Wildman–Crippen MR) is 59.3 cm³/mol. The minimum absolute atomic E-state index is 0.0736. The Morgan fingerprint density at radius 2 is 2.00 bits per heavy atom. The standard InChI is InChI=1S/C12H16ClF/c1-9-6-11(14)5-4-10(9)7-12(2,3)8-13/h4-6H,7-8H2,1-3H3. The van der Waals surface area contributed by atoms with Crippen molar-refractivity contribution in [2.24, 2.45) is 5.41 Å². The topological polar surface area (TPSA) is 0 Å². The van der Waals surface area contributed by atoms with Crippen LogP contribution in [-0.4, -0.2) is 5.88 Å². The molecule has 0 aliphatic rings. The van der Waals surface area contributed by atoms with Crippen molar-refractivity contribution >= 4 is 11.6 Å². The fraction of sp³-hybridized carbons (Fsp3) is 0.500. The number of halogens is 2. The molecule has 0 unspecified atom stereocenters. The molecule has 78 valence electrons. The van der Waals surface area contributed by atoms with Crippen LogP contribution < -0.4 is 0 Å². The highest BCUT2D eigenvalue weighted by molar-refractivity contribution is 6.18. The summed E-state index contributed by atoms with van der Waals surface area (Å²) in [5.74, 6) is 0.444. The molecule has 0 aromatic heterocycles. The first-order valence-electron chi connectivity index (χ1n) is 4.75. The van der Waals surface area contributed by atoms with E-state index in [-0.39, 0.29) is 11.2 Å². The zero-order valence-corrected chi connectivity index (χ0v) is 9.66. The molecule has 0 heterocycles. The van der Waals surface area contributed by atoms with Crippen molar-refractivity contribution in [1.29, 1.82) is 0 Å². The van der Waals surface area contributed by atoms with E-state index in [2.05, 4.69) is 13.8 Å². The molecule has 0 aliphatic carbocycles. The van der Waals surface area contributed by atoms with Crippen LogP contribution in [0.2, 0.25) is 0 Å². The van der Waals surface area contributed by atoms with Crippen molar-refractivity contribution in [1.82, 2.24) is 0 Å². The second-order valence-electron chi connectivity index (χ2n) is 4.55. The molecule has 0 radical (unpaired) electrons. The summed E-state index contributed by atoms with van der Waals surface area (Å²) >= 11 is 5.85. The zero-order chi connectivity index (χ0) is 10.8. The monoisotopic (exact) mass is 214 g/mol. The Labute approximate surface area is 90.1 Å². The molecule has 0 N–H and O–H groups in total. The molecule has 14 heavy (non-hydrogen) atoms. The lowest BCUT2D eigenvalue weighted by molar-refractivity contribution is 0.417. The first kappa shape index (κ1) is 11.5. The fourth-order valence-electron chi connectivity index (χ4n) is 1.42. The molecule has 0 atom stereocenters. The first-order chi connectivity index (χ1) is 6.44. The Morgan fingerprint density at radius 1 is 1.36 bits per heavy atom. The van der Waals surface area contributed by atoms with E-state index in [0.29, 0.717) is 5.88 Å². The van der Waals surface area contributed by atoms with Crippen molar-refractivity contribution in [3.8, 4) is 0 Å². The Hall–Kier alpha value is -0.560.